The molecule has 1 N–H and O–H groups in total. The van der Waals surface area contributed by atoms with Gasteiger partial charge < -0.3 is 9.88 Å². The van der Waals surface area contributed by atoms with Crippen LogP contribution in [0.15, 0.2) is 11.2 Å². The Labute approximate surface area is 130 Å². The number of nitrogens with one attached hydrogen (secondary N) is 1. The quantitative estimate of drug-likeness (QED) is 0.807. The normalized spacial score (nSPS) is 13.7. The molecule has 1 unspecified atom stereocenters. The minimum absolute atomic E-state index is 0.0178. The molecule has 6 nitrogen and oxygen atoms in total. The van der Waals surface area contributed by atoms with Crippen molar-refractivity contribution in [1.82, 2.24) is 14.9 Å². The van der Waals surface area contributed by atoms with Crippen molar-refractivity contribution < 1.29 is 13.2 Å². The highest BCUT2D eigenvalue weighted by atomic mass is 35.7. The molecule has 0 fully saturated rings. The summed E-state index contributed by atoms with van der Waals surface area (Å²) in [5.41, 5.74) is 0. The average molecular weight is 336 g/mol. The molecule has 0 saturated carbocycles. The van der Waals surface area contributed by atoms with Crippen molar-refractivity contribution in [3.05, 3.63) is 12.0 Å². The predicted molar refractivity (Wildman–Crippen MR) is 81.8 cm³/mol. The minimum Gasteiger partial charge on any atom is -0.352 e. The number of aromatic nitrogens is 2. The molecular weight excluding hydrogens is 314 g/mol. The van der Waals surface area contributed by atoms with E-state index in [-0.39, 0.29) is 29.4 Å². The number of rotatable bonds is 6. The first kappa shape index (κ1) is 18.0. The Bertz CT molecular complexity index is 608. The first-order chi connectivity index (χ1) is 9.52. The number of carbonyl (C=O) groups is 1. The summed E-state index contributed by atoms with van der Waals surface area (Å²) in [6, 6.07) is 0.0414. The Balaban J connectivity index is 2.97. The van der Waals surface area contributed by atoms with Crippen LogP contribution in [0.3, 0.4) is 0 Å². The molecule has 0 aliphatic carbocycles. The van der Waals surface area contributed by atoms with Crippen molar-refractivity contribution in [2.75, 3.05) is 0 Å². The maximum absolute atomic E-state index is 12.0. The Kier molecular flexibility index (Phi) is 5.81. The third kappa shape index (κ3) is 5.00. The van der Waals surface area contributed by atoms with Crippen molar-refractivity contribution in [1.29, 1.82) is 0 Å². The third-order valence-electron chi connectivity index (χ3n) is 3.25. The molecule has 8 heteroatoms. The van der Waals surface area contributed by atoms with Crippen LogP contribution in [0.1, 0.15) is 46.4 Å². The molecule has 21 heavy (non-hydrogen) atoms. The van der Waals surface area contributed by atoms with Gasteiger partial charge in [0.2, 0.25) is 5.91 Å². The lowest BCUT2D eigenvalue weighted by Gasteiger charge is -2.18. The predicted octanol–water partition coefficient (Wildman–Crippen LogP) is 2.09. The lowest BCUT2D eigenvalue weighted by molar-refractivity contribution is -0.122. The van der Waals surface area contributed by atoms with E-state index >= 15 is 0 Å². The van der Waals surface area contributed by atoms with Gasteiger partial charge in [0.25, 0.3) is 9.05 Å². The first-order valence-electron chi connectivity index (χ1n) is 6.83. The molecule has 1 atom stereocenters. The molecule has 0 radical (unpaired) electrons. The number of amides is 1. The summed E-state index contributed by atoms with van der Waals surface area (Å²) in [6.07, 6.45) is 1.30. The van der Waals surface area contributed by atoms with Gasteiger partial charge in [0.05, 0.1) is 0 Å². The van der Waals surface area contributed by atoms with E-state index in [2.05, 4.69) is 10.3 Å². The summed E-state index contributed by atoms with van der Waals surface area (Å²) in [6.45, 7) is 9.72. The molecule has 0 bridgehead atoms. The molecule has 1 amide bonds. The molecule has 0 saturated heterocycles. The zero-order valence-electron chi connectivity index (χ0n) is 12.9. The Morgan fingerprint density at radius 1 is 1.33 bits per heavy atom. The highest BCUT2D eigenvalue weighted by Gasteiger charge is 2.21. The van der Waals surface area contributed by atoms with Crippen LogP contribution in [-0.2, 0) is 20.4 Å². The monoisotopic (exact) mass is 335 g/mol. The second-order valence-corrected chi connectivity index (χ2v) is 8.27. The SMILES string of the molecule is CC(C)c1nc(S(=O)(=O)Cl)cn1CC(=O)NC(C)C(C)C. The van der Waals surface area contributed by atoms with Crippen molar-refractivity contribution >= 4 is 25.6 Å². The Morgan fingerprint density at radius 2 is 1.90 bits per heavy atom. The molecule has 1 rings (SSSR count). The lowest BCUT2D eigenvalue weighted by atomic mass is 10.1. The van der Waals surface area contributed by atoms with Crippen LogP contribution < -0.4 is 5.32 Å². The van der Waals surface area contributed by atoms with Crippen LogP contribution in [0.4, 0.5) is 0 Å². The van der Waals surface area contributed by atoms with Gasteiger partial charge in [-0.3, -0.25) is 4.79 Å². The molecule has 1 aromatic rings. The van der Waals surface area contributed by atoms with E-state index < -0.39 is 9.05 Å². The van der Waals surface area contributed by atoms with Gasteiger partial charge in [-0.25, -0.2) is 13.4 Å². The number of carbonyl (C=O) groups excluding carboxylic acids is 1. The standard InChI is InChI=1S/C13H22ClN3O3S/c1-8(2)10(5)15-11(18)6-17-7-12(21(14,19)20)16-13(17)9(3)4/h7-10H,6H2,1-5H3,(H,15,18). The average Bonchev–Trinajstić information content (AvgIpc) is 2.72. The number of halogens is 1. The highest BCUT2D eigenvalue weighted by molar-refractivity contribution is 8.13. The summed E-state index contributed by atoms with van der Waals surface area (Å²) in [4.78, 5) is 16.0. The van der Waals surface area contributed by atoms with Crippen molar-refractivity contribution in [2.45, 2.75) is 58.1 Å². The summed E-state index contributed by atoms with van der Waals surface area (Å²) in [5.74, 6) is 0.628. The smallest absolute Gasteiger partial charge is 0.280 e. The molecule has 0 spiro atoms. The fourth-order valence-corrected chi connectivity index (χ4v) is 2.41. The van der Waals surface area contributed by atoms with Crippen molar-refractivity contribution in [3.63, 3.8) is 0 Å². The maximum Gasteiger partial charge on any atom is 0.280 e. The van der Waals surface area contributed by atoms with E-state index in [1.165, 1.54) is 10.8 Å². The largest absolute Gasteiger partial charge is 0.352 e. The molecule has 1 aromatic heterocycles. The van der Waals surface area contributed by atoms with Crippen molar-refractivity contribution in [3.8, 4) is 0 Å². The molecule has 0 aliphatic heterocycles. The zero-order chi connectivity index (χ0) is 16.4. The second-order valence-electron chi connectivity index (χ2n) is 5.76. The molecule has 120 valence electrons. The number of hydrogen-bond donors (Lipinski definition) is 1. The van der Waals surface area contributed by atoms with E-state index in [0.29, 0.717) is 11.7 Å². The summed E-state index contributed by atoms with van der Waals surface area (Å²) < 4.78 is 24.3. The number of imidazole rings is 1. The first-order valence-corrected chi connectivity index (χ1v) is 9.14. The zero-order valence-corrected chi connectivity index (χ0v) is 14.5. The van der Waals surface area contributed by atoms with Crippen molar-refractivity contribution in [2.24, 2.45) is 5.92 Å². The number of nitrogens with zero attached hydrogens (tertiary/aromatic N) is 2. The van der Waals surface area contributed by atoms with Crippen LogP contribution in [0.25, 0.3) is 0 Å². The summed E-state index contributed by atoms with van der Waals surface area (Å²) in [7, 11) is 1.41. The van der Waals surface area contributed by atoms with E-state index in [0.717, 1.165) is 0 Å². The van der Waals surface area contributed by atoms with Crippen LogP contribution >= 0.6 is 10.7 Å². The van der Waals surface area contributed by atoms with Gasteiger partial charge in [0, 0.05) is 28.8 Å². The molecule has 0 aromatic carbocycles. The minimum atomic E-state index is -3.90. The second kappa shape index (κ2) is 6.79. The van der Waals surface area contributed by atoms with Gasteiger partial charge in [-0.15, -0.1) is 0 Å². The maximum atomic E-state index is 12.0. The Hall–Kier alpha value is -1.08. The van der Waals surface area contributed by atoms with Gasteiger partial charge in [-0.2, -0.15) is 0 Å². The van der Waals surface area contributed by atoms with Crippen LogP contribution in [-0.4, -0.2) is 29.9 Å². The number of hydrogen-bond acceptors (Lipinski definition) is 4. The van der Waals surface area contributed by atoms with Crippen LogP contribution in [0.5, 0.6) is 0 Å². The van der Waals surface area contributed by atoms with Gasteiger partial charge in [0.1, 0.15) is 12.4 Å². The molecule has 1 heterocycles. The van der Waals surface area contributed by atoms with Gasteiger partial charge >= 0.3 is 0 Å². The molecule has 0 aliphatic rings. The van der Waals surface area contributed by atoms with E-state index in [4.69, 9.17) is 10.7 Å². The van der Waals surface area contributed by atoms with Crippen LogP contribution in [0.2, 0.25) is 0 Å². The van der Waals surface area contributed by atoms with E-state index in [1.807, 2.05) is 34.6 Å². The third-order valence-corrected chi connectivity index (χ3v) is 4.42. The lowest BCUT2D eigenvalue weighted by Crippen LogP contribution is -2.38. The van der Waals surface area contributed by atoms with Crippen LogP contribution in [0, 0.1) is 5.92 Å². The fraction of sp³-hybridized carbons (Fsp3) is 0.692. The van der Waals surface area contributed by atoms with Gasteiger partial charge in [0.15, 0.2) is 5.03 Å². The van der Waals surface area contributed by atoms with Gasteiger partial charge in [-0.05, 0) is 12.8 Å². The molecular formula is C13H22ClN3O3S. The van der Waals surface area contributed by atoms with E-state index in [1.54, 1.807) is 0 Å². The highest BCUT2D eigenvalue weighted by Crippen LogP contribution is 2.19. The summed E-state index contributed by atoms with van der Waals surface area (Å²) in [5, 5.41) is 2.65. The fourth-order valence-electron chi connectivity index (χ4n) is 1.73. The van der Waals surface area contributed by atoms with E-state index in [9.17, 15) is 13.2 Å². The summed E-state index contributed by atoms with van der Waals surface area (Å²) >= 11 is 0. The van der Waals surface area contributed by atoms with Gasteiger partial charge in [-0.1, -0.05) is 27.7 Å². The topological polar surface area (TPSA) is 81.1 Å². The Morgan fingerprint density at radius 3 is 2.33 bits per heavy atom.